The Morgan fingerprint density at radius 2 is 2.13 bits per heavy atom. The zero-order valence-electron chi connectivity index (χ0n) is 13.4. The molecule has 0 saturated heterocycles. The van der Waals surface area contributed by atoms with Crippen LogP contribution < -0.4 is 11.0 Å². The van der Waals surface area contributed by atoms with Gasteiger partial charge in [-0.2, -0.15) is 0 Å². The second-order valence-corrected chi connectivity index (χ2v) is 7.31. The first-order valence-corrected chi connectivity index (χ1v) is 9.24. The smallest absolute Gasteiger partial charge is 0.343 e. The van der Waals surface area contributed by atoms with Crippen LogP contribution in [0.5, 0.6) is 0 Å². The number of amides is 1. The standard InChI is InChI=1S/C15H24N4O3S/c1-22-8-2-7-19-14(21)17-18-15(19)23-9-12(20)16-13(10-3-4-10)11-5-6-11/h10-11,13H,2-9H2,1H3,(H,16,20)(H,17,21). The highest BCUT2D eigenvalue weighted by atomic mass is 32.2. The molecule has 128 valence electrons. The van der Waals surface area contributed by atoms with Gasteiger partial charge < -0.3 is 10.1 Å². The van der Waals surface area contributed by atoms with E-state index in [0.717, 1.165) is 6.42 Å². The number of thioether (sulfide) groups is 1. The highest BCUT2D eigenvalue weighted by Crippen LogP contribution is 2.44. The summed E-state index contributed by atoms with van der Waals surface area (Å²) in [5, 5.41) is 10.2. The number of carbonyl (C=O) groups is 1. The lowest BCUT2D eigenvalue weighted by Crippen LogP contribution is -2.39. The van der Waals surface area contributed by atoms with Crippen molar-refractivity contribution in [1.82, 2.24) is 20.1 Å². The predicted molar refractivity (Wildman–Crippen MR) is 87.4 cm³/mol. The van der Waals surface area contributed by atoms with E-state index in [1.165, 1.54) is 37.4 Å². The first kappa shape index (κ1) is 16.6. The third-order valence-corrected chi connectivity index (χ3v) is 5.35. The molecule has 0 aromatic carbocycles. The summed E-state index contributed by atoms with van der Waals surface area (Å²) in [6.45, 7) is 1.13. The number of carbonyl (C=O) groups excluding carboxylic acids is 1. The van der Waals surface area contributed by atoms with Crippen molar-refractivity contribution < 1.29 is 9.53 Å². The molecule has 1 aromatic heterocycles. The van der Waals surface area contributed by atoms with E-state index in [-0.39, 0.29) is 11.6 Å². The van der Waals surface area contributed by atoms with Crippen LogP contribution in [-0.4, -0.2) is 46.2 Å². The zero-order chi connectivity index (χ0) is 16.2. The molecule has 7 nitrogen and oxygen atoms in total. The van der Waals surface area contributed by atoms with E-state index in [4.69, 9.17) is 4.74 Å². The molecule has 8 heteroatoms. The molecule has 0 spiro atoms. The van der Waals surface area contributed by atoms with Crippen molar-refractivity contribution in [3.05, 3.63) is 10.5 Å². The van der Waals surface area contributed by atoms with Crippen LogP contribution in [0.1, 0.15) is 32.1 Å². The lowest BCUT2D eigenvalue weighted by atomic mass is 10.1. The molecule has 1 heterocycles. The summed E-state index contributed by atoms with van der Waals surface area (Å²) in [5.74, 6) is 1.71. The van der Waals surface area contributed by atoms with Gasteiger partial charge in [-0.3, -0.25) is 9.36 Å². The number of rotatable bonds is 10. The topological polar surface area (TPSA) is 89.0 Å². The lowest BCUT2D eigenvalue weighted by molar-refractivity contribution is -0.119. The predicted octanol–water partition coefficient (Wildman–Crippen LogP) is 1.00. The molecule has 0 aliphatic heterocycles. The minimum atomic E-state index is -0.238. The van der Waals surface area contributed by atoms with Crippen LogP contribution in [0.3, 0.4) is 0 Å². The molecule has 2 aliphatic rings. The van der Waals surface area contributed by atoms with Gasteiger partial charge in [0.2, 0.25) is 5.91 Å². The SMILES string of the molecule is COCCCn1c(SCC(=O)NC(C2CC2)C2CC2)n[nH]c1=O. The molecule has 0 radical (unpaired) electrons. The molecule has 2 aliphatic carbocycles. The summed E-state index contributed by atoms with van der Waals surface area (Å²) in [4.78, 5) is 23.9. The fourth-order valence-electron chi connectivity index (χ4n) is 2.87. The van der Waals surface area contributed by atoms with Crippen LogP contribution in [0.4, 0.5) is 0 Å². The molecule has 0 bridgehead atoms. The lowest BCUT2D eigenvalue weighted by Gasteiger charge is -2.17. The fraction of sp³-hybridized carbons (Fsp3) is 0.800. The molecule has 2 fully saturated rings. The Hall–Kier alpha value is -1.28. The fourth-order valence-corrected chi connectivity index (χ4v) is 3.65. The number of methoxy groups -OCH3 is 1. The van der Waals surface area contributed by atoms with Gasteiger partial charge in [0.05, 0.1) is 5.75 Å². The van der Waals surface area contributed by atoms with Gasteiger partial charge in [-0.25, -0.2) is 9.89 Å². The number of H-pyrrole nitrogens is 1. The van der Waals surface area contributed by atoms with Gasteiger partial charge in [0.1, 0.15) is 0 Å². The normalized spacial score (nSPS) is 17.7. The Bertz CT molecular complexity index is 580. The summed E-state index contributed by atoms with van der Waals surface area (Å²) in [5.41, 5.74) is -0.238. The first-order chi connectivity index (χ1) is 11.2. The second kappa shape index (κ2) is 7.53. The molecule has 0 unspecified atom stereocenters. The van der Waals surface area contributed by atoms with Crippen molar-refractivity contribution in [2.24, 2.45) is 11.8 Å². The molecule has 3 rings (SSSR count). The van der Waals surface area contributed by atoms with Crippen LogP contribution in [-0.2, 0) is 16.1 Å². The Morgan fingerprint density at radius 1 is 1.43 bits per heavy atom. The Labute approximate surface area is 139 Å². The largest absolute Gasteiger partial charge is 0.385 e. The maximum absolute atomic E-state index is 12.2. The number of hydrogen-bond acceptors (Lipinski definition) is 5. The van der Waals surface area contributed by atoms with Crippen molar-refractivity contribution >= 4 is 17.7 Å². The van der Waals surface area contributed by atoms with E-state index in [9.17, 15) is 9.59 Å². The van der Waals surface area contributed by atoms with Crippen LogP contribution >= 0.6 is 11.8 Å². The summed E-state index contributed by atoms with van der Waals surface area (Å²) >= 11 is 1.31. The minimum Gasteiger partial charge on any atom is -0.385 e. The van der Waals surface area contributed by atoms with Crippen molar-refractivity contribution in [2.45, 2.75) is 49.8 Å². The summed E-state index contributed by atoms with van der Waals surface area (Å²) < 4.78 is 6.57. The highest BCUT2D eigenvalue weighted by molar-refractivity contribution is 7.99. The van der Waals surface area contributed by atoms with Crippen molar-refractivity contribution in [1.29, 1.82) is 0 Å². The van der Waals surface area contributed by atoms with Crippen molar-refractivity contribution in [3.8, 4) is 0 Å². The number of aromatic nitrogens is 3. The summed E-state index contributed by atoms with van der Waals surface area (Å²) in [6, 6.07) is 0.367. The molecule has 2 saturated carbocycles. The maximum atomic E-state index is 12.2. The van der Waals surface area contributed by atoms with Gasteiger partial charge in [-0.15, -0.1) is 5.10 Å². The number of hydrogen-bond donors (Lipinski definition) is 2. The van der Waals surface area contributed by atoms with Crippen LogP contribution in [0.15, 0.2) is 9.95 Å². The van der Waals surface area contributed by atoms with Crippen LogP contribution in [0.25, 0.3) is 0 Å². The number of nitrogens with zero attached hydrogens (tertiary/aromatic N) is 2. The number of aromatic amines is 1. The highest BCUT2D eigenvalue weighted by Gasteiger charge is 2.42. The Kier molecular flexibility index (Phi) is 5.42. The van der Waals surface area contributed by atoms with Crippen molar-refractivity contribution in [2.75, 3.05) is 19.5 Å². The molecular weight excluding hydrogens is 316 g/mol. The van der Waals surface area contributed by atoms with E-state index in [2.05, 4.69) is 15.5 Å². The zero-order valence-corrected chi connectivity index (χ0v) is 14.2. The van der Waals surface area contributed by atoms with Gasteiger partial charge in [0.15, 0.2) is 5.16 Å². The van der Waals surface area contributed by atoms with Gasteiger partial charge in [-0.1, -0.05) is 11.8 Å². The number of ether oxygens (including phenoxy) is 1. The van der Waals surface area contributed by atoms with E-state index >= 15 is 0 Å². The third kappa shape index (κ3) is 4.60. The molecule has 1 amide bonds. The van der Waals surface area contributed by atoms with Crippen molar-refractivity contribution in [3.63, 3.8) is 0 Å². The van der Waals surface area contributed by atoms with Gasteiger partial charge in [0, 0.05) is 26.3 Å². The van der Waals surface area contributed by atoms with E-state index in [0.29, 0.717) is 41.9 Å². The molecule has 0 atom stereocenters. The average Bonchev–Trinajstić information content (AvgIpc) is 3.44. The molecule has 2 N–H and O–H groups in total. The average molecular weight is 340 g/mol. The molecular formula is C15H24N4O3S. The number of nitrogens with one attached hydrogen (secondary N) is 2. The van der Waals surface area contributed by atoms with Gasteiger partial charge in [0.25, 0.3) is 0 Å². The second-order valence-electron chi connectivity index (χ2n) is 6.37. The van der Waals surface area contributed by atoms with Gasteiger partial charge >= 0.3 is 5.69 Å². The third-order valence-electron chi connectivity index (χ3n) is 4.37. The Morgan fingerprint density at radius 3 is 2.74 bits per heavy atom. The molecule has 1 aromatic rings. The van der Waals surface area contributed by atoms with Crippen LogP contribution in [0, 0.1) is 11.8 Å². The summed E-state index contributed by atoms with van der Waals surface area (Å²) in [6.07, 6.45) is 5.71. The first-order valence-electron chi connectivity index (χ1n) is 8.25. The quantitative estimate of drug-likeness (QED) is 0.490. The summed E-state index contributed by atoms with van der Waals surface area (Å²) in [7, 11) is 1.63. The minimum absolute atomic E-state index is 0.0395. The maximum Gasteiger partial charge on any atom is 0.343 e. The Balaban J connectivity index is 1.49. The van der Waals surface area contributed by atoms with E-state index in [1.807, 2.05) is 0 Å². The molecule has 23 heavy (non-hydrogen) atoms. The van der Waals surface area contributed by atoms with Crippen LogP contribution in [0.2, 0.25) is 0 Å². The monoisotopic (exact) mass is 340 g/mol. The van der Waals surface area contributed by atoms with E-state index in [1.54, 1.807) is 11.7 Å². The van der Waals surface area contributed by atoms with Gasteiger partial charge in [-0.05, 0) is 43.9 Å². The van der Waals surface area contributed by atoms with E-state index < -0.39 is 0 Å².